The molecular weight excluding hydrogens is 231 g/mol. The largest absolute Gasteiger partial charge is 0.339 e. The minimum absolute atomic E-state index is 0.397. The van der Waals surface area contributed by atoms with Crippen molar-refractivity contribution < 1.29 is 18.0 Å². The van der Waals surface area contributed by atoms with E-state index in [1.165, 1.54) is 4.90 Å². The monoisotopic (exact) mass is 243 g/mol. The van der Waals surface area contributed by atoms with E-state index in [-0.39, 0.29) is 0 Å². The van der Waals surface area contributed by atoms with Gasteiger partial charge in [0.2, 0.25) is 0 Å². The van der Waals surface area contributed by atoms with Gasteiger partial charge in [-0.2, -0.15) is 0 Å². The lowest BCUT2D eigenvalue weighted by Gasteiger charge is -2.26. The quantitative estimate of drug-likeness (QED) is 0.694. The van der Waals surface area contributed by atoms with Crippen molar-refractivity contribution in [1.29, 1.82) is 0 Å². The lowest BCUT2D eigenvalue weighted by atomic mass is 10.1. The van der Waals surface area contributed by atoms with E-state index in [0.29, 0.717) is 13.1 Å². The molecule has 17 heavy (non-hydrogen) atoms. The zero-order chi connectivity index (χ0) is 12.4. The minimum Gasteiger partial charge on any atom is -0.339 e. The number of rotatable bonds is 1. The lowest BCUT2D eigenvalue weighted by molar-refractivity contribution is 0.0718. The summed E-state index contributed by atoms with van der Waals surface area (Å²) >= 11 is 0. The Kier molecular flexibility index (Phi) is 3.36. The van der Waals surface area contributed by atoms with E-state index in [1.807, 2.05) is 0 Å². The van der Waals surface area contributed by atoms with Crippen LogP contribution in [0.3, 0.4) is 0 Å². The summed E-state index contributed by atoms with van der Waals surface area (Å²) in [6.45, 7) is 1.08. The zero-order valence-corrected chi connectivity index (χ0v) is 9.18. The maximum absolute atomic E-state index is 13.4. The molecule has 1 saturated heterocycles. The van der Waals surface area contributed by atoms with Crippen LogP contribution in [0.1, 0.15) is 29.6 Å². The Balaban J connectivity index is 2.27. The molecule has 1 heterocycles. The number of carbonyl (C=O) groups is 1. The molecule has 92 valence electrons. The van der Waals surface area contributed by atoms with E-state index in [1.54, 1.807) is 0 Å². The molecule has 1 amide bonds. The number of hydrogen-bond acceptors (Lipinski definition) is 1. The van der Waals surface area contributed by atoms with Gasteiger partial charge in [-0.1, -0.05) is 0 Å². The number of benzene rings is 1. The van der Waals surface area contributed by atoms with Gasteiger partial charge in [0.1, 0.15) is 0 Å². The first kappa shape index (κ1) is 12.0. The van der Waals surface area contributed by atoms with Crippen molar-refractivity contribution in [2.45, 2.75) is 19.3 Å². The second-order valence-electron chi connectivity index (χ2n) is 4.08. The van der Waals surface area contributed by atoms with Gasteiger partial charge >= 0.3 is 0 Å². The average Bonchev–Trinajstić information content (AvgIpc) is 2.36. The number of nitrogens with zero attached hydrogens (tertiary/aromatic N) is 1. The number of hydrogen-bond donors (Lipinski definition) is 0. The smallest absolute Gasteiger partial charge is 0.256 e. The minimum atomic E-state index is -1.59. The van der Waals surface area contributed by atoms with Gasteiger partial charge in [0.25, 0.3) is 5.91 Å². The summed E-state index contributed by atoms with van der Waals surface area (Å²) in [5, 5.41) is 0. The third kappa shape index (κ3) is 2.28. The highest BCUT2D eigenvalue weighted by Gasteiger charge is 2.24. The molecule has 5 heteroatoms. The third-order valence-electron chi connectivity index (χ3n) is 2.91. The fourth-order valence-corrected chi connectivity index (χ4v) is 1.96. The second kappa shape index (κ2) is 4.77. The van der Waals surface area contributed by atoms with Crippen molar-refractivity contribution in [3.05, 3.63) is 35.1 Å². The van der Waals surface area contributed by atoms with Crippen LogP contribution in [0.2, 0.25) is 0 Å². The summed E-state index contributed by atoms with van der Waals surface area (Å²) in [7, 11) is 0. The van der Waals surface area contributed by atoms with Crippen molar-refractivity contribution >= 4 is 5.91 Å². The molecule has 0 radical (unpaired) electrons. The van der Waals surface area contributed by atoms with Crippen LogP contribution in [-0.2, 0) is 0 Å². The number of amides is 1. The Bertz CT molecular complexity index is 442. The predicted octanol–water partition coefficient (Wildman–Crippen LogP) is 2.73. The molecule has 0 saturated carbocycles. The Labute approximate surface area is 97.0 Å². The van der Waals surface area contributed by atoms with Gasteiger partial charge in [-0.15, -0.1) is 0 Å². The van der Waals surface area contributed by atoms with Crippen molar-refractivity contribution in [3.8, 4) is 0 Å². The number of likely N-dealkylation sites (tertiary alicyclic amines) is 1. The van der Waals surface area contributed by atoms with E-state index in [2.05, 4.69) is 0 Å². The first-order valence-corrected chi connectivity index (χ1v) is 5.54. The van der Waals surface area contributed by atoms with Crippen LogP contribution in [0, 0.1) is 17.5 Å². The molecule has 1 aliphatic rings. The van der Waals surface area contributed by atoms with E-state index < -0.39 is 28.9 Å². The lowest BCUT2D eigenvalue weighted by Crippen LogP contribution is -2.36. The Hall–Kier alpha value is -1.52. The highest BCUT2D eigenvalue weighted by atomic mass is 19.2. The first-order valence-electron chi connectivity index (χ1n) is 5.54. The van der Waals surface area contributed by atoms with Crippen LogP contribution in [0.4, 0.5) is 13.2 Å². The summed E-state index contributed by atoms with van der Waals surface area (Å²) in [5.41, 5.74) is -0.397. The molecule has 0 bridgehead atoms. The summed E-state index contributed by atoms with van der Waals surface area (Å²) in [5.74, 6) is -4.84. The molecule has 0 aliphatic carbocycles. The van der Waals surface area contributed by atoms with Crippen molar-refractivity contribution in [1.82, 2.24) is 4.90 Å². The van der Waals surface area contributed by atoms with E-state index in [9.17, 15) is 18.0 Å². The van der Waals surface area contributed by atoms with Crippen LogP contribution in [-0.4, -0.2) is 23.9 Å². The molecule has 2 rings (SSSR count). The number of piperidine rings is 1. The van der Waals surface area contributed by atoms with E-state index in [4.69, 9.17) is 0 Å². The molecule has 0 unspecified atom stereocenters. The van der Waals surface area contributed by atoms with Crippen LogP contribution >= 0.6 is 0 Å². The van der Waals surface area contributed by atoms with Crippen molar-refractivity contribution in [2.75, 3.05) is 13.1 Å². The highest BCUT2D eigenvalue weighted by molar-refractivity contribution is 5.94. The average molecular weight is 243 g/mol. The van der Waals surface area contributed by atoms with E-state index in [0.717, 1.165) is 31.4 Å². The van der Waals surface area contributed by atoms with Crippen molar-refractivity contribution in [2.24, 2.45) is 0 Å². The van der Waals surface area contributed by atoms with Crippen LogP contribution in [0.5, 0.6) is 0 Å². The molecule has 0 atom stereocenters. The summed E-state index contributed by atoms with van der Waals surface area (Å²) < 4.78 is 39.1. The zero-order valence-electron chi connectivity index (χ0n) is 9.18. The van der Waals surface area contributed by atoms with Gasteiger partial charge < -0.3 is 4.90 Å². The van der Waals surface area contributed by atoms with Gasteiger partial charge in [-0.25, -0.2) is 13.2 Å². The molecule has 2 nitrogen and oxygen atoms in total. The fraction of sp³-hybridized carbons (Fsp3) is 0.417. The van der Waals surface area contributed by atoms with Gasteiger partial charge in [-0.05, 0) is 31.4 Å². The Morgan fingerprint density at radius 3 is 2.29 bits per heavy atom. The maximum atomic E-state index is 13.4. The molecule has 0 N–H and O–H groups in total. The van der Waals surface area contributed by atoms with Gasteiger partial charge in [0.15, 0.2) is 17.5 Å². The summed E-state index contributed by atoms with van der Waals surface area (Å²) in [6, 6.07) is 1.76. The molecular formula is C12H12F3NO. The Morgan fingerprint density at radius 1 is 1.00 bits per heavy atom. The first-order chi connectivity index (χ1) is 8.11. The summed E-state index contributed by atoms with van der Waals surface area (Å²) in [6.07, 6.45) is 2.75. The SMILES string of the molecule is O=C(c1ccc(F)c(F)c1F)N1CCCCC1. The predicted molar refractivity (Wildman–Crippen MR) is 56.1 cm³/mol. The van der Waals surface area contributed by atoms with Gasteiger partial charge in [0.05, 0.1) is 5.56 Å². The summed E-state index contributed by atoms with van der Waals surface area (Å²) in [4.78, 5) is 13.4. The topological polar surface area (TPSA) is 20.3 Å². The van der Waals surface area contributed by atoms with Crippen LogP contribution in [0.25, 0.3) is 0 Å². The van der Waals surface area contributed by atoms with Gasteiger partial charge in [-0.3, -0.25) is 4.79 Å². The molecule has 0 spiro atoms. The second-order valence-corrected chi connectivity index (χ2v) is 4.08. The van der Waals surface area contributed by atoms with Crippen molar-refractivity contribution in [3.63, 3.8) is 0 Å². The molecule has 0 aromatic heterocycles. The van der Waals surface area contributed by atoms with E-state index >= 15 is 0 Å². The molecule has 1 fully saturated rings. The number of halogens is 3. The van der Waals surface area contributed by atoms with Gasteiger partial charge in [0, 0.05) is 13.1 Å². The van der Waals surface area contributed by atoms with Crippen LogP contribution in [0.15, 0.2) is 12.1 Å². The highest BCUT2D eigenvalue weighted by Crippen LogP contribution is 2.19. The number of carbonyl (C=O) groups excluding carboxylic acids is 1. The molecule has 1 aliphatic heterocycles. The third-order valence-corrected chi connectivity index (χ3v) is 2.91. The standard InChI is InChI=1S/C12H12F3NO/c13-9-5-4-8(10(14)11(9)15)12(17)16-6-2-1-3-7-16/h4-5H,1-3,6-7H2. The fourth-order valence-electron chi connectivity index (χ4n) is 1.96. The van der Waals surface area contributed by atoms with Crippen LogP contribution < -0.4 is 0 Å². The molecule has 1 aromatic carbocycles. The Morgan fingerprint density at radius 2 is 1.65 bits per heavy atom. The maximum Gasteiger partial charge on any atom is 0.256 e. The molecule has 1 aromatic rings. The normalized spacial score (nSPS) is 16.1.